The smallest absolute Gasteiger partial charge is 0.251 e. The van der Waals surface area contributed by atoms with E-state index < -0.39 is 0 Å². The lowest BCUT2D eigenvalue weighted by Gasteiger charge is -2.10. The average Bonchev–Trinajstić information content (AvgIpc) is 2.82. The van der Waals surface area contributed by atoms with Crippen molar-refractivity contribution in [1.29, 1.82) is 0 Å². The van der Waals surface area contributed by atoms with E-state index in [0.29, 0.717) is 17.8 Å². The molecule has 0 unspecified atom stereocenters. The summed E-state index contributed by atoms with van der Waals surface area (Å²) < 4.78 is 0. The molecule has 4 aromatic carbocycles. The molecule has 0 heterocycles. The Bertz CT molecular complexity index is 1210. The molecule has 0 atom stereocenters. The van der Waals surface area contributed by atoms with Crippen LogP contribution in [0.25, 0.3) is 10.8 Å². The van der Waals surface area contributed by atoms with E-state index in [0.717, 1.165) is 22.0 Å². The van der Waals surface area contributed by atoms with Crippen LogP contribution in [0.4, 0.5) is 11.4 Å². The molecule has 0 saturated heterocycles. The van der Waals surface area contributed by atoms with Gasteiger partial charge in [0.25, 0.3) is 5.91 Å². The Hall–Kier alpha value is -4.12. The maximum absolute atomic E-state index is 12.4. The summed E-state index contributed by atoms with van der Waals surface area (Å²) in [4.78, 5) is 24.8. The molecule has 0 aromatic heterocycles. The van der Waals surface area contributed by atoms with Gasteiger partial charge in [-0.1, -0.05) is 66.7 Å². The first-order valence-electron chi connectivity index (χ1n) is 10.1. The van der Waals surface area contributed by atoms with E-state index in [1.165, 1.54) is 0 Å². The van der Waals surface area contributed by atoms with Gasteiger partial charge in [0, 0.05) is 23.5 Å². The molecule has 0 radical (unpaired) electrons. The fourth-order valence-corrected chi connectivity index (χ4v) is 3.31. The second-order valence-corrected chi connectivity index (χ2v) is 7.21. The summed E-state index contributed by atoms with van der Waals surface area (Å²) in [5.41, 5.74) is 2.98. The third-order valence-electron chi connectivity index (χ3n) is 4.91. The molecule has 0 aliphatic heterocycles. The number of carbonyl (C=O) groups is 2. The van der Waals surface area contributed by atoms with Gasteiger partial charge in [-0.15, -0.1) is 0 Å². The number of nitrogens with one attached hydrogen (secondary N) is 3. The van der Waals surface area contributed by atoms with Crippen LogP contribution in [0.3, 0.4) is 0 Å². The van der Waals surface area contributed by atoms with Crippen molar-refractivity contribution in [2.75, 3.05) is 17.2 Å². The SMILES string of the molecule is O=C(CNc1ccc2ccccc2c1)Nc1cccc(C(=O)NCc2ccccc2)c1. The highest BCUT2D eigenvalue weighted by atomic mass is 16.2. The van der Waals surface area contributed by atoms with Gasteiger partial charge in [-0.25, -0.2) is 0 Å². The van der Waals surface area contributed by atoms with Crippen LogP contribution in [-0.4, -0.2) is 18.4 Å². The molecule has 0 aliphatic carbocycles. The van der Waals surface area contributed by atoms with E-state index in [2.05, 4.69) is 22.0 Å². The minimum Gasteiger partial charge on any atom is -0.376 e. The lowest BCUT2D eigenvalue weighted by molar-refractivity contribution is -0.114. The number of amides is 2. The van der Waals surface area contributed by atoms with E-state index in [-0.39, 0.29) is 18.4 Å². The van der Waals surface area contributed by atoms with Gasteiger partial charge in [-0.05, 0) is 46.7 Å². The molecule has 0 fully saturated rings. The highest BCUT2D eigenvalue weighted by Gasteiger charge is 2.08. The van der Waals surface area contributed by atoms with Crippen LogP contribution < -0.4 is 16.0 Å². The zero-order valence-corrected chi connectivity index (χ0v) is 17.0. The molecule has 31 heavy (non-hydrogen) atoms. The number of benzene rings is 4. The Morgan fingerprint density at radius 2 is 1.45 bits per heavy atom. The molecule has 5 nitrogen and oxygen atoms in total. The highest BCUT2D eigenvalue weighted by Crippen LogP contribution is 2.18. The maximum atomic E-state index is 12.4. The van der Waals surface area contributed by atoms with Gasteiger partial charge >= 0.3 is 0 Å². The molecule has 4 rings (SSSR count). The molecular weight excluding hydrogens is 386 g/mol. The normalized spacial score (nSPS) is 10.5. The minimum atomic E-state index is -0.186. The molecule has 0 spiro atoms. The lowest BCUT2D eigenvalue weighted by Crippen LogP contribution is -2.24. The van der Waals surface area contributed by atoms with Gasteiger partial charge in [-0.3, -0.25) is 9.59 Å². The van der Waals surface area contributed by atoms with Crippen molar-refractivity contribution in [2.24, 2.45) is 0 Å². The largest absolute Gasteiger partial charge is 0.376 e. The van der Waals surface area contributed by atoms with Gasteiger partial charge in [0.1, 0.15) is 0 Å². The van der Waals surface area contributed by atoms with Gasteiger partial charge in [0.05, 0.1) is 6.54 Å². The zero-order valence-electron chi connectivity index (χ0n) is 17.0. The molecule has 3 N–H and O–H groups in total. The number of hydrogen-bond acceptors (Lipinski definition) is 3. The Kier molecular flexibility index (Phi) is 6.24. The quantitative estimate of drug-likeness (QED) is 0.410. The Morgan fingerprint density at radius 1 is 0.677 bits per heavy atom. The summed E-state index contributed by atoms with van der Waals surface area (Å²) in [6.45, 7) is 0.578. The second kappa shape index (κ2) is 9.59. The fourth-order valence-electron chi connectivity index (χ4n) is 3.31. The van der Waals surface area contributed by atoms with Gasteiger partial charge < -0.3 is 16.0 Å². The molecule has 0 bridgehead atoms. The van der Waals surface area contributed by atoms with Crippen LogP contribution in [-0.2, 0) is 11.3 Å². The van der Waals surface area contributed by atoms with Crippen LogP contribution in [0.2, 0.25) is 0 Å². The standard InChI is InChI=1S/C26H23N3O2/c30-25(18-27-23-14-13-20-9-4-5-10-21(20)15-23)29-24-12-6-11-22(16-24)26(31)28-17-19-7-2-1-3-8-19/h1-16,27H,17-18H2,(H,28,31)(H,29,30). The molecular formula is C26H23N3O2. The number of hydrogen-bond donors (Lipinski definition) is 3. The number of anilines is 2. The molecule has 2 amide bonds. The zero-order chi connectivity index (χ0) is 21.5. The van der Waals surface area contributed by atoms with Gasteiger partial charge in [0.2, 0.25) is 5.91 Å². The van der Waals surface area contributed by atoms with Gasteiger partial charge in [0.15, 0.2) is 0 Å². The molecule has 5 heteroatoms. The van der Waals surface area contributed by atoms with E-state index >= 15 is 0 Å². The van der Waals surface area contributed by atoms with Crippen molar-refractivity contribution >= 4 is 34.0 Å². The third-order valence-corrected chi connectivity index (χ3v) is 4.91. The molecule has 4 aromatic rings. The second-order valence-electron chi connectivity index (χ2n) is 7.21. The van der Waals surface area contributed by atoms with Crippen LogP contribution in [0.5, 0.6) is 0 Å². The van der Waals surface area contributed by atoms with Crippen LogP contribution in [0.15, 0.2) is 97.1 Å². The summed E-state index contributed by atoms with van der Waals surface area (Å²) in [5, 5.41) is 11.1. The Balaban J connectivity index is 1.32. The predicted molar refractivity (Wildman–Crippen MR) is 125 cm³/mol. The van der Waals surface area contributed by atoms with Crippen molar-refractivity contribution in [3.63, 3.8) is 0 Å². The summed E-state index contributed by atoms with van der Waals surface area (Å²) in [5.74, 6) is -0.371. The first-order valence-corrected chi connectivity index (χ1v) is 10.1. The summed E-state index contributed by atoms with van der Waals surface area (Å²) >= 11 is 0. The first-order chi connectivity index (χ1) is 15.2. The highest BCUT2D eigenvalue weighted by molar-refractivity contribution is 5.98. The van der Waals surface area contributed by atoms with Gasteiger partial charge in [-0.2, -0.15) is 0 Å². The number of fused-ring (bicyclic) bond motifs is 1. The first kappa shape index (κ1) is 20.2. The van der Waals surface area contributed by atoms with Crippen molar-refractivity contribution in [3.8, 4) is 0 Å². The minimum absolute atomic E-state index is 0.128. The number of carbonyl (C=O) groups excluding carboxylic acids is 2. The summed E-state index contributed by atoms with van der Waals surface area (Å²) in [6, 6.07) is 30.7. The average molecular weight is 409 g/mol. The Labute approximate surface area is 181 Å². The lowest BCUT2D eigenvalue weighted by atomic mass is 10.1. The third kappa shape index (κ3) is 5.48. The van der Waals surface area contributed by atoms with E-state index in [1.54, 1.807) is 24.3 Å². The van der Waals surface area contributed by atoms with Crippen molar-refractivity contribution in [3.05, 3.63) is 108 Å². The van der Waals surface area contributed by atoms with Crippen molar-refractivity contribution < 1.29 is 9.59 Å². The molecule has 0 saturated carbocycles. The maximum Gasteiger partial charge on any atom is 0.251 e. The summed E-state index contributed by atoms with van der Waals surface area (Å²) in [7, 11) is 0. The van der Waals surface area contributed by atoms with Crippen LogP contribution >= 0.6 is 0 Å². The summed E-state index contributed by atoms with van der Waals surface area (Å²) in [6.07, 6.45) is 0. The molecule has 0 aliphatic rings. The Morgan fingerprint density at radius 3 is 2.29 bits per heavy atom. The van der Waals surface area contributed by atoms with E-state index in [9.17, 15) is 9.59 Å². The number of rotatable bonds is 7. The topological polar surface area (TPSA) is 70.2 Å². The predicted octanol–water partition coefficient (Wildman–Crippen LogP) is 4.82. The fraction of sp³-hybridized carbons (Fsp3) is 0.0769. The van der Waals surface area contributed by atoms with E-state index in [4.69, 9.17) is 0 Å². The van der Waals surface area contributed by atoms with Crippen molar-refractivity contribution in [1.82, 2.24) is 5.32 Å². The van der Waals surface area contributed by atoms with Crippen molar-refractivity contribution in [2.45, 2.75) is 6.54 Å². The van der Waals surface area contributed by atoms with Crippen LogP contribution in [0.1, 0.15) is 15.9 Å². The molecule has 154 valence electrons. The van der Waals surface area contributed by atoms with Crippen LogP contribution in [0, 0.1) is 0 Å². The monoisotopic (exact) mass is 409 g/mol. The van der Waals surface area contributed by atoms with E-state index in [1.807, 2.05) is 66.7 Å².